The van der Waals surface area contributed by atoms with Gasteiger partial charge in [-0.2, -0.15) is 10.2 Å². The van der Waals surface area contributed by atoms with Gasteiger partial charge in [-0.05, 0) is 19.9 Å². The molecule has 0 aliphatic rings. The van der Waals surface area contributed by atoms with E-state index in [2.05, 4.69) is 15.3 Å². The summed E-state index contributed by atoms with van der Waals surface area (Å²) in [5.74, 6) is 0. The van der Waals surface area contributed by atoms with E-state index in [1.807, 2.05) is 43.8 Å². The van der Waals surface area contributed by atoms with Gasteiger partial charge in [-0.3, -0.25) is 9.78 Å². The van der Waals surface area contributed by atoms with Gasteiger partial charge in [0.2, 0.25) is 0 Å². The molecular weight excluding hydrogens is 226 g/mol. The molecule has 2 heterocycles. The van der Waals surface area contributed by atoms with Gasteiger partial charge in [0.15, 0.2) is 0 Å². The molecule has 0 spiro atoms. The number of nitrogen functional groups attached to an aromatic ring is 1. The Morgan fingerprint density at radius 3 is 2.72 bits per heavy atom. The highest BCUT2D eigenvalue weighted by Gasteiger charge is 2.17. The van der Waals surface area contributed by atoms with Gasteiger partial charge in [-0.15, -0.1) is 0 Å². The van der Waals surface area contributed by atoms with Crippen molar-refractivity contribution < 1.29 is 0 Å². The van der Waals surface area contributed by atoms with Crippen LogP contribution in [-0.2, 0) is 7.05 Å². The summed E-state index contributed by atoms with van der Waals surface area (Å²) in [6.45, 7) is 4.04. The Hall–Kier alpha value is -2.30. The average molecular weight is 241 g/mol. The van der Waals surface area contributed by atoms with Crippen LogP contribution in [0.2, 0.25) is 0 Å². The van der Waals surface area contributed by atoms with E-state index in [-0.39, 0.29) is 0 Å². The first-order valence-electron chi connectivity index (χ1n) is 5.82. The van der Waals surface area contributed by atoms with Crippen molar-refractivity contribution in [1.29, 1.82) is 0 Å². The van der Waals surface area contributed by atoms with E-state index in [1.165, 1.54) is 0 Å². The van der Waals surface area contributed by atoms with Crippen molar-refractivity contribution >= 4 is 16.6 Å². The SMILES string of the molecule is Cc1nn(C)c(C)c1-c1n[nH]c2c(N)cccc12. The molecule has 18 heavy (non-hydrogen) atoms. The second kappa shape index (κ2) is 3.60. The molecule has 0 aliphatic carbocycles. The largest absolute Gasteiger partial charge is 0.397 e. The summed E-state index contributed by atoms with van der Waals surface area (Å²) in [4.78, 5) is 0. The molecule has 0 unspecified atom stereocenters. The minimum absolute atomic E-state index is 0.713. The number of hydrogen-bond donors (Lipinski definition) is 2. The number of fused-ring (bicyclic) bond motifs is 1. The van der Waals surface area contributed by atoms with Crippen LogP contribution in [0.4, 0.5) is 5.69 Å². The number of nitrogens with two attached hydrogens (primary N) is 1. The number of H-pyrrole nitrogens is 1. The van der Waals surface area contributed by atoms with E-state index >= 15 is 0 Å². The van der Waals surface area contributed by atoms with Crippen LogP contribution in [0.15, 0.2) is 18.2 Å². The number of aryl methyl sites for hydroxylation is 2. The summed E-state index contributed by atoms with van der Waals surface area (Å²) in [5, 5.41) is 12.9. The van der Waals surface area contributed by atoms with Crippen molar-refractivity contribution in [3.05, 3.63) is 29.6 Å². The average Bonchev–Trinajstić information content (AvgIpc) is 2.84. The Labute approximate surface area is 105 Å². The zero-order valence-corrected chi connectivity index (χ0v) is 10.7. The van der Waals surface area contributed by atoms with Gasteiger partial charge in [-0.1, -0.05) is 12.1 Å². The molecule has 5 nitrogen and oxygen atoms in total. The predicted molar refractivity (Wildman–Crippen MR) is 72.2 cm³/mol. The lowest BCUT2D eigenvalue weighted by Gasteiger charge is -1.99. The maximum atomic E-state index is 5.94. The Kier molecular flexibility index (Phi) is 2.16. The standard InChI is InChI=1S/C13H15N5/c1-7-11(8(2)18(3)17-7)13-9-5-4-6-10(14)12(9)15-16-13/h4-6H,14H2,1-3H3,(H,15,16). The Balaban J connectivity index is 2.36. The molecule has 2 aromatic heterocycles. The highest BCUT2D eigenvalue weighted by molar-refractivity contribution is 5.99. The lowest BCUT2D eigenvalue weighted by molar-refractivity contribution is 0.731. The Morgan fingerprint density at radius 1 is 1.28 bits per heavy atom. The van der Waals surface area contributed by atoms with Gasteiger partial charge in [-0.25, -0.2) is 0 Å². The molecule has 0 saturated heterocycles. The zero-order chi connectivity index (χ0) is 12.9. The Bertz CT molecular complexity index is 735. The minimum atomic E-state index is 0.713. The van der Waals surface area contributed by atoms with Crippen LogP contribution in [0.1, 0.15) is 11.4 Å². The highest BCUT2D eigenvalue weighted by Crippen LogP contribution is 2.32. The number of rotatable bonds is 1. The third-order valence-electron chi connectivity index (χ3n) is 3.38. The molecule has 0 amide bonds. The molecule has 0 aliphatic heterocycles. The number of para-hydroxylation sites is 1. The number of hydrogen-bond acceptors (Lipinski definition) is 3. The van der Waals surface area contributed by atoms with E-state index in [1.54, 1.807) is 0 Å². The van der Waals surface area contributed by atoms with Gasteiger partial charge in [0.1, 0.15) is 5.69 Å². The number of nitrogens with zero attached hydrogens (tertiary/aromatic N) is 3. The molecule has 5 heteroatoms. The molecule has 0 fully saturated rings. The second-order valence-electron chi connectivity index (χ2n) is 4.51. The number of aromatic nitrogens is 4. The van der Waals surface area contributed by atoms with Crippen LogP contribution in [0.25, 0.3) is 22.2 Å². The van der Waals surface area contributed by atoms with Gasteiger partial charge in [0, 0.05) is 23.7 Å². The summed E-state index contributed by atoms with van der Waals surface area (Å²) < 4.78 is 1.87. The van der Waals surface area contributed by atoms with Crippen molar-refractivity contribution in [1.82, 2.24) is 20.0 Å². The van der Waals surface area contributed by atoms with Crippen molar-refractivity contribution in [3.8, 4) is 11.3 Å². The first-order chi connectivity index (χ1) is 8.59. The second-order valence-corrected chi connectivity index (χ2v) is 4.51. The van der Waals surface area contributed by atoms with Crippen LogP contribution in [0, 0.1) is 13.8 Å². The summed E-state index contributed by atoms with van der Waals surface area (Å²) in [6, 6.07) is 5.83. The fraction of sp³-hybridized carbons (Fsp3) is 0.231. The fourth-order valence-electron chi connectivity index (χ4n) is 2.37. The normalized spacial score (nSPS) is 11.3. The molecule has 3 aromatic rings. The summed E-state index contributed by atoms with van der Waals surface area (Å²) in [6.07, 6.45) is 0. The zero-order valence-electron chi connectivity index (χ0n) is 10.7. The molecule has 3 rings (SSSR count). The van der Waals surface area contributed by atoms with E-state index in [9.17, 15) is 0 Å². The van der Waals surface area contributed by atoms with E-state index in [4.69, 9.17) is 5.73 Å². The minimum Gasteiger partial charge on any atom is -0.397 e. The molecular formula is C13H15N5. The third-order valence-corrected chi connectivity index (χ3v) is 3.38. The van der Waals surface area contributed by atoms with Crippen LogP contribution >= 0.6 is 0 Å². The first kappa shape index (κ1) is 10.8. The van der Waals surface area contributed by atoms with Crippen molar-refractivity contribution in [2.75, 3.05) is 5.73 Å². The van der Waals surface area contributed by atoms with Gasteiger partial charge in [0.25, 0.3) is 0 Å². The van der Waals surface area contributed by atoms with Crippen molar-refractivity contribution in [2.45, 2.75) is 13.8 Å². The van der Waals surface area contributed by atoms with Crippen LogP contribution < -0.4 is 5.73 Å². The fourth-order valence-corrected chi connectivity index (χ4v) is 2.37. The van der Waals surface area contributed by atoms with E-state index < -0.39 is 0 Å². The van der Waals surface area contributed by atoms with Crippen molar-refractivity contribution in [2.24, 2.45) is 7.05 Å². The van der Waals surface area contributed by atoms with Gasteiger partial charge < -0.3 is 5.73 Å². The molecule has 0 saturated carbocycles. The van der Waals surface area contributed by atoms with Crippen LogP contribution in [0.5, 0.6) is 0 Å². The number of benzene rings is 1. The third kappa shape index (κ3) is 1.33. The lowest BCUT2D eigenvalue weighted by Crippen LogP contribution is -1.92. The summed E-state index contributed by atoms with van der Waals surface area (Å²) >= 11 is 0. The maximum Gasteiger partial charge on any atom is 0.104 e. The maximum absolute atomic E-state index is 5.94. The molecule has 3 N–H and O–H groups in total. The monoisotopic (exact) mass is 241 g/mol. The smallest absolute Gasteiger partial charge is 0.104 e. The number of anilines is 1. The molecule has 0 atom stereocenters. The van der Waals surface area contributed by atoms with E-state index in [0.717, 1.165) is 33.5 Å². The molecule has 1 aromatic carbocycles. The lowest BCUT2D eigenvalue weighted by atomic mass is 10.1. The number of nitrogens with one attached hydrogen (secondary N) is 1. The topological polar surface area (TPSA) is 72.5 Å². The quantitative estimate of drug-likeness (QED) is 0.641. The van der Waals surface area contributed by atoms with Gasteiger partial charge in [0.05, 0.1) is 16.9 Å². The van der Waals surface area contributed by atoms with Gasteiger partial charge >= 0.3 is 0 Å². The summed E-state index contributed by atoms with van der Waals surface area (Å²) in [5.41, 5.74) is 11.6. The first-order valence-corrected chi connectivity index (χ1v) is 5.82. The molecule has 0 bridgehead atoms. The van der Waals surface area contributed by atoms with E-state index in [0.29, 0.717) is 5.69 Å². The molecule has 0 radical (unpaired) electrons. The number of aromatic amines is 1. The van der Waals surface area contributed by atoms with Crippen LogP contribution in [0.3, 0.4) is 0 Å². The summed E-state index contributed by atoms with van der Waals surface area (Å²) in [7, 11) is 1.94. The van der Waals surface area contributed by atoms with Crippen LogP contribution in [-0.4, -0.2) is 20.0 Å². The highest BCUT2D eigenvalue weighted by atomic mass is 15.3. The Morgan fingerprint density at radius 2 is 2.06 bits per heavy atom. The van der Waals surface area contributed by atoms with Crippen molar-refractivity contribution in [3.63, 3.8) is 0 Å². The molecule has 92 valence electrons. The predicted octanol–water partition coefficient (Wildman–Crippen LogP) is 2.16.